The maximum atomic E-state index is 11.9. The number of rotatable bonds is 5. The molecule has 0 fully saturated rings. The van der Waals surface area contributed by atoms with Gasteiger partial charge in [0, 0.05) is 19.8 Å². The highest BCUT2D eigenvalue weighted by Gasteiger charge is 2.30. The third-order valence-corrected chi connectivity index (χ3v) is 2.17. The molecule has 0 aliphatic heterocycles. The number of hydrogen-bond acceptors (Lipinski definition) is 3. The van der Waals surface area contributed by atoms with Gasteiger partial charge in [0.1, 0.15) is 5.75 Å². The molecule has 0 aliphatic carbocycles. The summed E-state index contributed by atoms with van der Waals surface area (Å²) in [5.74, 6) is -0.250. The van der Waals surface area contributed by atoms with E-state index in [1.54, 1.807) is 7.11 Å². The second-order valence-electron chi connectivity index (χ2n) is 3.50. The second kappa shape index (κ2) is 7.45. The summed E-state index contributed by atoms with van der Waals surface area (Å²) in [5, 5.41) is 0. The molecule has 0 saturated heterocycles. The molecule has 1 rings (SSSR count). The van der Waals surface area contributed by atoms with Crippen LogP contribution < -0.4 is 10.5 Å². The molecule has 104 valence electrons. The Morgan fingerprint density at radius 1 is 1.22 bits per heavy atom. The van der Waals surface area contributed by atoms with Gasteiger partial charge < -0.3 is 15.2 Å². The molecule has 2 N–H and O–H groups in total. The Morgan fingerprint density at radius 2 is 1.78 bits per heavy atom. The van der Waals surface area contributed by atoms with Gasteiger partial charge in [0.25, 0.3) is 0 Å². The van der Waals surface area contributed by atoms with Crippen LogP contribution in [0.15, 0.2) is 24.3 Å². The van der Waals surface area contributed by atoms with Crippen LogP contribution in [0, 0.1) is 0 Å². The van der Waals surface area contributed by atoms with E-state index in [1.165, 1.54) is 24.3 Å². The number of alkyl halides is 3. The zero-order valence-corrected chi connectivity index (χ0v) is 10.6. The van der Waals surface area contributed by atoms with Gasteiger partial charge in [-0.1, -0.05) is 12.1 Å². The van der Waals surface area contributed by atoms with Gasteiger partial charge in [0.15, 0.2) is 0 Å². The largest absolute Gasteiger partial charge is 0.573 e. The molecule has 1 aromatic carbocycles. The number of nitrogens with two attached hydrogens (primary N) is 1. The molecule has 0 bridgehead atoms. The third-order valence-electron chi connectivity index (χ3n) is 2.17. The summed E-state index contributed by atoms with van der Waals surface area (Å²) in [6, 6.07) is 5.27. The standard InChI is InChI=1S/C11H14F3NO2.ClH/c1-16-7-6-10(15)8-2-4-9(5-3-8)17-11(12,13)14;/h2-5,10H,6-7,15H2,1H3;1H. The molecule has 7 heteroatoms. The lowest BCUT2D eigenvalue weighted by atomic mass is 10.1. The van der Waals surface area contributed by atoms with E-state index in [-0.39, 0.29) is 24.2 Å². The lowest BCUT2D eigenvalue weighted by molar-refractivity contribution is -0.274. The van der Waals surface area contributed by atoms with Gasteiger partial charge in [-0.2, -0.15) is 0 Å². The fourth-order valence-corrected chi connectivity index (χ4v) is 1.33. The summed E-state index contributed by atoms with van der Waals surface area (Å²) in [5.41, 5.74) is 6.56. The minimum atomic E-state index is -4.67. The first kappa shape index (κ1) is 17.0. The first-order chi connectivity index (χ1) is 7.92. The van der Waals surface area contributed by atoms with E-state index in [1.807, 2.05) is 0 Å². The van der Waals surface area contributed by atoms with E-state index in [0.29, 0.717) is 13.0 Å². The molecule has 3 nitrogen and oxygen atoms in total. The monoisotopic (exact) mass is 285 g/mol. The number of benzene rings is 1. The van der Waals surface area contributed by atoms with Gasteiger partial charge in [-0.3, -0.25) is 0 Å². The average molecular weight is 286 g/mol. The van der Waals surface area contributed by atoms with Crippen molar-refractivity contribution in [1.82, 2.24) is 0 Å². The van der Waals surface area contributed by atoms with Crippen LogP contribution in [0.1, 0.15) is 18.0 Å². The first-order valence-corrected chi connectivity index (χ1v) is 5.02. The van der Waals surface area contributed by atoms with Gasteiger partial charge in [-0.25, -0.2) is 0 Å². The van der Waals surface area contributed by atoms with E-state index in [0.717, 1.165) is 5.56 Å². The molecule has 1 atom stereocenters. The highest BCUT2D eigenvalue weighted by atomic mass is 35.5. The quantitative estimate of drug-likeness (QED) is 0.904. The van der Waals surface area contributed by atoms with Crippen LogP contribution in [0.3, 0.4) is 0 Å². The smallest absolute Gasteiger partial charge is 0.406 e. The Hall–Kier alpha value is -0.980. The van der Waals surface area contributed by atoms with Crippen molar-refractivity contribution in [3.05, 3.63) is 29.8 Å². The van der Waals surface area contributed by atoms with Crippen molar-refractivity contribution in [3.8, 4) is 5.75 Å². The summed E-state index contributed by atoms with van der Waals surface area (Å²) in [7, 11) is 1.56. The SMILES string of the molecule is COCCC(N)c1ccc(OC(F)(F)F)cc1.Cl. The lowest BCUT2D eigenvalue weighted by Crippen LogP contribution is -2.17. The molecule has 1 unspecified atom stereocenters. The molecule has 0 radical (unpaired) electrons. The van der Waals surface area contributed by atoms with Crippen molar-refractivity contribution in [3.63, 3.8) is 0 Å². The number of methoxy groups -OCH3 is 1. The average Bonchev–Trinajstić information content (AvgIpc) is 2.24. The Bertz CT molecular complexity index is 343. The summed E-state index contributed by atoms with van der Waals surface area (Å²) in [6.45, 7) is 0.502. The van der Waals surface area contributed by atoms with Gasteiger partial charge in [0.2, 0.25) is 0 Å². The minimum absolute atomic E-state index is 0. The Kier molecular flexibility index (Phi) is 7.05. The lowest BCUT2D eigenvalue weighted by Gasteiger charge is -2.13. The summed E-state index contributed by atoms with van der Waals surface area (Å²) in [6.07, 6.45) is -4.06. The molecular formula is C11H15ClF3NO2. The van der Waals surface area contributed by atoms with Gasteiger partial charge in [0.05, 0.1) is 0 Å². The maximum Gasteiger partial charge on any atom is 0.573 e. The van der Waals surface area contributed by atoms with Crippen LogP contribution in [0.4, 0.5) is 13.2 Å². The van der Waals surface area contributed by atoms with Crippen molar-refractivity contribution in [2.45, 2.75) is 18.8 Å². The second-order valence-corrected chi connectivity index (χ2v) is 3.50. The van der Waals surface area contributed by atoms with Gasteiger partial charge in [-0.05, 0) is 24.1 Å². The van der Waals surface area contributed by atoms with Crippen molar-refractivity contribution in [2.24, 2.45) is 5.73 Å². The highest BCUT2D eigenvalue weighted by Crippen LogP contribution is 2.24. The molecule has 0 saturated carbocycles. The normalized spacial score (nSPS) is 12.7. The number of ether oxygens (including phenoxy) is 2. The highest BCUT2D eigenvalue weighted by molar-refractivity contribution is 5.85. The van der Waals surface area contributed by atoms with Crippen LogP contribution in [0.5, 0.6) is 5.75 Å². The van der Waals surface area contributed by atoms with Crippen LogP contribution in [-0.4, -0.2) is 20.1 Å². The molecule has 1 aromatic rings. The van der Waals surface area contributed by atoms with E-state index >= 15 is 0 Å². The molecule has 0 aromatic heterocycles. The molecule has 0 amide bonds. The summed E-state index contributed by atoms with van der Waals surface area (Å²) in [4.78, 5) is 0. The first-order valence-electron chi connectivity index (χ1n) is 5.02. The zero-order chi connectivity index (χ0) is 12.9. The Labute approximate surface area is 109 Å². The molecule has 0 aliphatic rings. The van der Waals surface area contributed by atoms with Crippen LogP contribution in [-0.2, 0) is 4.74 Å². The Balaban J connectivity index is 0.00000289. The van der Waals surface area contributed by atoms with Crippen molar-refractivity contribution < 1.29 is 22.6 Å². The zero-order valence-electron chi connectivity index (χ0n) is 9.74. The summed E-state index contributed by atoms with van der Waals surface area (Å²) >= 11 is 0. The number of halogens is 4. The predicted octanol–water partition coefficient (Wildman–Crippen LogP) is 3.04. The topological polar surface area (TPSA) is 44.5 Å². The van der Waals surface area contributed by atoms with E-state index in [4.69, 9.17) is 10.5 Å². The fraction of sp³-hybridized carbons (Fsp3) is 0.455. The maximum absolute atomic E-state index is 11.9. The van der Waals surface area contributed by atoms with E-state index < -0.39 is 6.36 Å². The Morgan fingerprint density at radius 3 is 2.22 bits per heavy atom. The predicted molar refractivity (Wildman–Crippen MR) is 63.8 cm³/mol. The van der Waals surface area contributed by atoms with E-state index in [9.17, 15) is 13.2 Å². The van der Waals surface area contributed by atoms with Crippen molar-refractivity contribution in [1.29, 1.82) is 0 Å². The van der Waals surface area contributed by atoms with E-state index in [2.05, 4.69) is 4.74 Å². The van der Waals surface area contributed by atoms with Crippen molar-refractivity contribution in [2.75, 3.05) is 13.7 Å². The minimum Gasteiger partial charge on any atom is -0.406 e. The fourth-order valence-electron chi connectivity index (χ4n) is 1.33. The van der Waals surface area contributed by atoms with Crippen LogP contribution in [0.25, 0.3) is 0 Å². The van der Waals surface area contributed by atoms with Gasteiger partial charge in [-0.15, -0.1) is 25.6 Å². The molecule has 18 heavy (non-hydrogen) atoms. The third kappa shape index (κ3) is 6.09. The van der Waals surface area contributed by atoms with Crippen LogP contribution >= 0.6 is 12.4 Å². The summed E-state index contributed by atoms with van der Waals surface area (Å²) < 4.78 is 44.3. The molecule has 0 spiro atoms. The molecule has 0 heterocycles. The van der Waals surface area contributed by atoms with Crippen molar-refractivity contribution >= 4 is 12.4 Å². The molecular weight excluding hydrogens is 271 g/mol. The van der Waals surface area contributed by atoms with Crippen LogP contribution in [0.2, 0.25) is 0 Å². The van der Waals surface area contributed by atoms with Gasteiger partial charge >= 0.3 is 6.36 Å². The number of hydrogen-bond donors (Lipinski definition) is 1.